The van der Waals surface area contributed by atoms with Crippen molar-refractivity contribution in [2.24, 2.45) is 0 Å². The minimum Gasteiger partial charge on any atom is -0.494 e. The molecule has 0 aromatic heterocycles. The highest BCUT2D eigenvalue weighted by atomic mass is 16.5. The maximum absolute atomic E-state index is 11.7. The van der Waals surface area contributed by atoms with Crippen molar-refractivity contribution >= 4 is 5.97 Å². The second kappa shape index (κ2) is 12.5. The normalized spacial score (nSPS) is 9.40. The number of esters is 1. The summed E-state index contributed by atoms with van der Waals surface area (Å²) in [6.07, 6.45) is 4.12. The number of rotatable bonds is 8. The molecule has 20 heavy (non-hydrogen) atoms. The van der Waals surface area contributed by atoms with Crippen molar-refractivity contribution in [2.45, 2.75) is 53.4 Å². The highest BCUT2D eigenvalue weighted by molar-refractivity contribution is 5.89. The highest BCUT2D eigenvalue weighted by Crippen LogP contribution is 2.13. The van der Waals surface area contributed by atoms with Crippen LogP contribution in [0.2, 0.25) is 0 Å². The average molecular weight is 280 g/mol. The molecule has 0 heterocycles. The Balaban J connectivity index is 0.00000172. The van der Waals surface area contributed by atoms with Gasteiger partial charge >= 0.3 is 5.97 Å². The fourth-order valence-corrected chi connectivity index (χ4v) is 1.51. The average Bonchev–Trinajstić information content (AvgIpc) is 2.52. The fourth-order valence-electron chi connectivity index (χ4n) is 1.51. The lowest BCUT2D eigenvalue weighted by atomic mass is 10.2. The van der Waals surface area contributed by atoms with Crippen LogP contribution in [0.1, 0.15) is 63.7 Å². The molecule has 0 N–H and O–H groups in total. The Morgan fingerprint density at radius 2 is 1.60 bits per heavy atom. The van der Waals surface area contributed by atoms with Gasteiger partial charge in [-0.2, -0.15) is 0 Å². The maximum atomic E-state index is 11.7. The van der Waals surface area contributed by atoms with E-state index in [2.05, 4.69) is 13.8 Å². The Bertz CT molecular complexity index is 344. The van der Waals surface area contributed by atoms with Crippen molar-refractivity contribution < 1.29 is 14.3 Å². The Labute approximate surface area is 123 Å². The minimum atomic E-state index is -0.256. The first-order chi connectivity index (χ1) is 9.77. The van der Waals surface area contributed by atoms with Crippen molar-refractivity contribution in [3.05, 3.63) is 29.8 Å². The van der Waals surface area contributed by atoms with E-state index in [1.165, 1.54) is 0 Å². The van der Waals surface area contributed by atoms with E-state index in [1.54, 1.807) is 24.3 Å². The summed E-state index contributed by atoms with van der Waals surface area (Å²) in [5.41, 5.74) is 0.579. The van der Waals surface area contributed by atoms with Crippen LogP contribution >= 0.6 is 0 Å². The standard InChI is InChI=1S/C15H22O3.C2H6/c1-3-5-6-12-18-15(16)13-7-9-14(10-8-13)17-11-4-2;1-2/h7-10H,3-6,11-12H2,1-2H3;1-2H3. The van der Waals surface area contributed by atoms with E-state index in [0.717, 1.165) is 31.4 Å². The third-order valence-corrected chi connectivity index (χ3v) is 2.54. The third-order valence-electron chi connectivity index (χ3n) is 2.54. The molecule has 1 aromatic rings. The van der Waals surface area contributed by atoms with Crippen molar-refractivity contribution in [3.63, 3.8) is 0 Å². The molecule has 0 aliphatic carbocycles. The Hall–Kier alpha value is -1.51. The summed E-state index contributed by atoms with van der Waals surface area (Å²) in [5.74, 6) is 0.535. The summed E-state index contributed by atoms with van der Waals surface area (Å²) in [6.45, 7) is 9.38. The number of unbranched alkanes of at least 4 members (excludes halogenated alkanes) is 2. The molecule has 3 heteroatoms. The summed E-state index contributed by atoms with van der Waals surface area (Å²) in [6, 6.07) is 7.09. The molecule has 0 saturated carbocycles. The highest BCUT2D eigenvalue weighted by Gasteiger charge is 2.06. The van der Waals surface area contributed by atoms with E-state index in [4.69, 9.17) is 9.47 Å². The molecule has 0 aliphatic rings. The summed E-state index contributed by atoms with van der Waals surface area (Å²) < 4.78 is 10.6. The zero-order valence-electron chi connectivity index (χ0n) is 13.3. The first-order valence-corrected chi connectivity index (χ1v) is 7.68. The molecule has 1 rings (SSSR count). The second-order valence-electron chi connectivity index (χ2n) is 4.22. The van der Waals surface area contributed by atoms with E-state index in [-0.39, 0.29) is 5.97 Å². The van der Waals surface area contributed by atoms with Gasteiger partial charge in [-0.05, 0) is 37.1 Å². The quantitative estimate of drug-likeness (QED) is 0.504. The van der Waals surface area contributed by atoms with Crippen LogP contribution in [0.15, 0.2) is 24.3 Å². The van der Waals surface area contributed by atoms with Crippen molar-refractivity contribution in [1.82, 2.24) is 0 Å². The van der Waals surface area contributed by atoms with Gasteiger partial charge in [0, 0.05) is 0 Å². The number of hydrogen-bond acceptors (Lipinski definition) is 3. The van der Waals surface area contributed by atoms with Crippen molar-refractivity contribution in [2.75, 3.05) is 13.2 Å². The second-order valence-corrected chi connectivity index (χ2v) is 4.22. The SMILES string of the molecule is CC.CCCCCOC(=O)c1ccc(OCCC)cc1. The zero-order valence-corrected chi connectivity index (χ0v) is 13.3. The van der Waals surface area contributed by atoms with Crippen molar-refractivity contribution in [1.29, 1.82) is 0 Å². The van der Waals surface area contributed by atoms with Crippen LogP contribution in [-0.4, -0.2) is 19.2 Å². The molecule has 0 fully saturated rings. The van der Waals surface area contributed by atoms with Gasteiger partial charge in [0.1, 0.15) is 5.75 Å². The lowest BCUT2D eigenvalue weighted by Gasteiger charge is -2.06. The largest absolute Gasteiger partial charge is 0.494 e. The smallest absolute Gasteiger partial charge is 0.338 e. The van der Waals surface area contributed by atoms with E-state index in [0.29, 0.717) is 18.8 Å². The topological polar surface area (TPSA) is 35.5 Å². The Kier molecular flexibility index (Phi) is 11.6. The third kappa shape index (κ3) is 7.82. The summed E-state index contributed by atoms with van der Waals surface area (Å²) in [5, 5.41) is 0. The van der Waals surface area contributed by atoms with Crippen LogP contribution in [0.5, 0.6) is 5.75 Å². The first-order valence-electron chi connectivity index (χ1n) is 7.68. The lowest BCUT2D eigenvalue weighted by Crippen LogP contribution is -2.06. The first kappa shape index (κ1) is 18.5. The minimum absolute atomic E-state index is 0.256. The van der Waals surface area contributed by atoms with Crippen LogP contribution in [0, 0.1) is 0 Å². The molecule has 0 bridgehead atoms. The van der Waals surface area contributed by atoms with E-state index in [9.17, 15) is 4.79 Å². The van der Waals surface area contributed by atoms with Gasteiger partial charge in [0.15, 0.2) is 0 Å². The number of carbonyl (C=O) groups excluding carboxylic acids is 1. The van der Waals surface area contributed by atoms with Gasteiger partial charge in [0.05, 0.1) is 18.8 Å². The molecule has 114 valence electrons. The van der Waals surface area contributed by atoms with E-state index in [1.807, 2.05) is 13.8 Å². The maximum Gasteiger partial charge on any atom is 0.338 e. The number of ether oxygens (including phenoxy) is 2. The van der Waals surface area contributed by atoms with Crippen LogP contribution in [0.4, 0.5) is 0 Å². The number of benzene rings is 1. The number of carbonyl (C=O) groups is 1. The summed E-state index contributed by atoms with van der Waals surface area (Å²) >= 11 is 0. The van der Waals surface area contributed by atoms with Gasteiger partial charge in [-0.1, -0.05) is 40.5 Å². The van der Waals surface area contributed by atoms with Crippen LogP contribution in [-0.2, 0) is 4.74 Å². The predicted octanol–water partition coefficient (Wildman–Crippen LogP) is 4.85. The van der Waals surface area contributed by atoms with E-state index < -0.39 is 0 Å². The van der Waals surface area contributed by atoms with Crippen LogP contribution in [0.25, 0.3) is 0 Å². The molecule has 3 nitrogen and oxygen atoms in total. The number of hydrogen-bond donors (Lipinski definition) is 0. The molecule has 0 amide bonds. The molecule has 0 radical (unpaired) electrons. The van der Waals surface area contributed by atoms with Gasteiger partial charge in [-0.3, -0.25) is 0 Å². The zero-order chi connectivity index (χ0) is 15.2. The van der Waals surface area contributed by atoms with Gasteiger partial charge in [0.2, 0.25) is 0 Å². The van der Waals surface area contributed by atoms with Gasteiger partial charge in [0.25, 0.3) is 0 Å². The van der Waals surface area contributed by atoms with Gasteiger partial charge in [-0.15, -0.1) is 0 Å². The monoisotopic (exact) mass is 280 g/mol. The van der Waals surface area contributed by atoms with Gasteiger partial charge in [-0.25, -0.2) is 4.79 Å². The fraction of sp³-hybridized carbons (Fsp3) is 0.588. The summed E-state index contributed by atoms with van der Waals surface area (Å²) in [7, 11) is 0. The Morgan fingerprint density at radius 3 is 2.15 bits per heavy atom. The molecule has 0 atom stereocenters. The van der Waals surface area contributed by atoms with Gasteiger partial charge < -0.3 is 9.47 Å². The molecule has 0 aliphatic heterocycles. The van der Waals surface area contributed by atoms with Crippen LogP contribution in [0.3, 0.4) is 0 Å². The molecular formula is C17H28O3. The molecule has 0 saturated heterocycles. The summed E-state index contributed by atoms with van der Waals surface area (Å²) in [4.78, 5) is 11.7. The molecule has 0 spiro atoms. The Morgan fingerprint density at radius 1 is 0.950 bits per heavy atom. The van der Waals surface area contributed by atoms with Crippen LogP contribution < -0.4 is 4.74 Å². The van der Waals surface area contributed by atoms with Crippen molar-refractivity contribution in [3.8, 4) is 5.75 Å². The molecular weight excluding hydrogens is 252 g/mol. The lowest BCUT2D eigenvalue weighted by molar-refractivity contribution is 0.0498. The molecule has 0 unspecified atom stereocenters. The van der Waals surface area contributed by atoms with E-state index >= 15 is 0 Å². The molecule has 1 aromatic carbocycles. The predicted molar refractivity (Wildman–Crippen MR) is 83.4 cm³/mol.